The summed E-state index contributed by atoms with van der Waals surface area (Å²) >= 11 is 5.41. The van der Waals surface area contributed by atoms with E-state index in [0.29, 0.717) is 5.92 Å². The fourth-order valence-corrected chi connectivity index (χ4v) is 2.52. The van der Waals surface area contributed by atoms with Gasteiger partial charge >= 0.3 is 0 Å². The highest BCUT2D eigenvalue weighted by atomic mass is 32.1. The van der Waals surface area contributed by atoms with Crippen LogP contribution in [0.15, 0.2) is 30.3 Å². The van der Waals surface area contributed by atoms with Crippen LogP contribution in [0.4, 0.5) is 0 Å². The highest BCUT2D eigenvalue weighted by Crippen LogP contribution is 2.15. The number of thiocarbonyl (C=S) groups is 1. The zero-order valence-corrected chi connectivity index (χ0v) is 11.3. The Morgan fingerprint density at radius 3 is 2.89 bits per heavy atom. The summed E-state index contributed by atoms with van der Waals surface area (Å²) in [7, 11) is 0. The van der Waals surface area contributed by atoms with Crippen LogP contribution in [0.2, 0.25) is 0 Å². The molecule has 1 aliphatic heterocycles. The van der Waals surface area contributed by atoms with Crippen LogP contribution < -0.4 is 5.32 Å². The van der Waals surface area contributed by atoms with E-state index in [2.05, 4.69) is 22.3 Å². The Morgan fingerprint density at radius 1 is 1.39 bits per heavy atom. The number of likely N-dealkylation sites (tertiary alicyclic amines) is 1. The molecule has 0 aromatic heterocycles. The third-order valence-electron chi connectivity index (χ3n) is 3.35. The second kappa shape index (κ2) is 6.71. The summed E-state index contributed by atoms with van der Waals surface area (Å²) in [5.74, 6) is 0.371. The third kappa shape index (κ3) is 3.68. The molecule has 0 radical (unpaired) electrons. The van der Waals surface area contributed by atoms with E-state index in [1.54, 1.807) is 0 Å². The molecule has 1 aliphatic rings. The molecule has 1 heterocycles. The van der Waals surface area contributed by atoms with Crippen molar-refractivity contribution in [1.29, 1.82) is 0 Å². The number of benzene rings is 1. The Bertz CT molecular complexity index is 383. The lowest BCUT2D eigenvalue weighted by Crippen LogP contribution is -2.45. The molecule has 0 aliphatic carbocycles. The topological polar surface area (TPSA) is 35.5 Å². The van der Waals surface area contributed by atoms with Gasteiger partial charge in [-0.05, 0) is 36.5 Å². The average Bonchev–Trinajstić information content (AvgIpc) is 2.46. The van der Waals surface area contributed by atoms with Gasteiger partial charge in [-0.1, -0.05) is 30.3 Å². The number of rotatable bonds is 3. The van der Waals surface area contributed by atoms with Crippen LogP contribution in [0.25, 0.3) is 0 Å². The average molecular weight is 264 g/mol. The van der Waals surface area contributed by atoms with Crippen LogP contribution in [0.5, 0.6) is 0 Å². The number of nitrogens with one attached hydrogen (secondary N) is 1. The summed E-state index contributed by atoms with van der Waals surface area (Å²) < 4.78 is 0. The van der Waals surface area contributed by atoms with Crippen LogP contribution in [0.3, 0.4) is 0 Å². The summed E-state index contributed by atoms with van der Waals surface area (Å²) in [6.45, 7) is 2.89. The Morgan fingerprint density at radius 2 is 2.17 bits per heavy atom. The van der Waals surface area contributed by atoms with Crippen molar-refractivity contribution < 1.29 is 5.11 Å². The lowest BCUT2D eigenvalue weighted by Gasteiger charge is -2.33. The number of nitrogens with zero attached hydrogens (tertiary/aromatic N) is 1. The summed E-state index contributed by atoms with van der Waals surface area (Å²) in [6, 6.07) is 10.2. The van der Waals surface area contributed by atoms with Gasteiger partial charge in [0.15, 0.2) is 5.11 Å². The summed E-state index contributed by atoms with van der Waals surface area (Å²) in [6.07, 6.45) is 2.21. The van der Waals surface area contributed by atoms with Crippen molar-refractivity contribution in [3.8, 4) is 0 Å². The minimum atomic E-state index is 0.262. The summed E-state index contributed by atoms with van der Waals surface area (Å²) in [5, 5.41) is 13.3. The zero-order chi connectivity index (χ0) is 12.8. The predicted molar refractivity (Wildman–Crippen MR) is 77.3 cm³/mol. The van der Waals surface area contributed by atoms with Gasteiger partial charge in [0.2, 0.25) is 0 Å². The van der Waals surface area contributed by atoms with Crippen molar-refractivity contribution in [2.24, 2.45) is 5.92 Å². The fraction of sp³-hybridized carbons (Fsp3) is 0.500. The van der Waals surface area contributed by atoms with Gasteiger partial charge in [-0.2, -0.15) is 0 Å². The molecule has 2 rings (SSSR count). The molecule has 98 valence electrons. The highest BCUT2D eigenvalue weighted by molar-refractivity contribution is 7.80. The molecule has 0 spiro atoms. The number of aliphatic hydroxyl groups excluding tert-OH is 1. The third-order valence-corrected chi connectivity index (χ3v) is 3.75. The van der Waals surface area contributed by atoms with Gasteiger partial charge in [0, 0.05) is 26.2 Å². The molecule has 1 aromatic rings. The zero-order valence-electron chi connectivity index (χ0n) is 10.5. The highest BCUT2D eigenvalue weighted by Gasteiger charge is 2.20. The quantitative estimate of drug-likeness (QED) is 0.816. The van der Waals surface area contributed by atoms with Gasteiger partial charge in [0.25, 0.3) is 0 Å². The normalized spacial score (nSPS) is 19.6. The van der Waals surface area contributed by atoms with Crippen LogP contribution in [0, 0.1) is 5.92 Å². The van der Waals surface area contributed by atoms with Gasteiger partial charge in [-0.15, -0.1) is 0 Å². The van der Waals surface area contributed by atoms with Crippen LogP contribution in [-0.2, 0) is 6.54 Å². The van der Waals surface area contributed by atoms with Crippen molar-refractivity contribution in [3.05, 3.63) is 35.9 Å². The molecule has 18 heavy (non-hydrogen) atoms. The van der Waals surface area contributed by atoms with Gasteiger partial charge in [0.1, 0.15) is 0 Å². The van der Waals surface area contributed by atoms with E-state index in [9.17, 15) is 5.11 Å². The molecular weight excluding hydrogens is 244 g/mol. The molecule has 0 bridgehead atoms. The first-order valence-electron chi connectivity index (χ1n) is 6.47. The predicted octanol–water partition coefficient (Wildman–Crippen LogP) is 1.77. The molecule has 1 atom stereocenters. The number of piperidine rings is 1. The van der Waals surface area contributed by atoms with E-state index in [1.165, 1.54) is 5.56 Å². The first-order chi connectivity index (χ1) is 8.79. The molecular formula is C14H20N2OS. The van der Waals surface area contributed by atoms with Crippen molar-refractivity contribution in [3.63, 3.8) is 0 Å². The summed E-state index contributed by atoms with van der Waals surface area (Å²) in [4.78, 5) is 2.17. The maximum Gasteiger partial charge on any atom is 0.169 e. The molecule has 3 nitrogen and oxygen atoms in total. The van der Waals surface area contributed by atoms with Gasteiger partial charge < -0.3 is 15.3 Å². The fourth-order valence-electron chi connectivity index (χ4n) is 2.28. The molecule has 1 aromatic carbocycles. The standard InChI is InChI=1S/C14H20N2OS/c17-11-13-7-4-8-16(10-13)14(18)15-9-12-5-2-1-3-6-12/h1-3,5-6,13,17H,4,7-11H2,(H,15,18)/t13-/m1/s1. The molecule has 1 fully saturated rings. The second-order valence-electron chi connectivity index (χ2n) is 4.78. The largest absolute Gasteiger partial charge is 0.396 e. The lowest BCUT2D eigenvalue weighted by atomic mass is 9.99. The number of aliphatic hydroxyl groups is 1. The Kier molecular flexibility index (Phi) is 4.96. The van der Waals surface area contributed by atoms with E-state index in [1.807, 2.05) is 18.2 Å². The first-order valence-corrected chi connectivity index (χ1v) is 6.88. The van der Waals surface area contributed by atoms with Gasteiger partial charge in [-0.3, -0.25) is 0 Å². The summed E-state index contributed by atoms with van der Waals surface area (Å²) in [5.41, 5.74) is 1.23. The molecule has 4 heteroatoms. The van der Waals surface area contributed by atoms with Crippen molar-refractivity contribution in [2.45, 2.75) is 19.4 Å². The molecule has 0 amide bonds. The van der Waals surface area contributed by atoms with E-state index < -0.39 is 0 Å². The maximum absolute atomic E-state index is 9.21. The van der Waals surface area contributed by atoms with Crippen molar-refractivity contribution >= 4 is 17.3 Å². The van der Waals surface area contributed by atoms with Gasteiger partial charge in [-0.25, -0.2) is 0 Å². The number of hydrogen-bond donors (Lipinski definition) is 2. The van der Waals surface area contributed by atoms with E-state index >= 15 is 0 Å². The first kappa shape index (κ1) is 13.3. The number of hydrogen-bond acceptors (Lipinski definition) is 2. The van der Waals surface area contributed by atoms with Crippen LogP contribution in [-0.4, -0.2) is 34.8 Å². The SMILES string of the molecule is OC[C@@H]1CCCN(C(=S)NCc2ccccc2)C1. The molecule has 0 saturated carbocycles. The van der Waals surface area contributed by atoms with E-state index in [-0.39, 0.29) is 6.61 Å². The molecule has 0 unspecified atom stereocenters. The van der Waals surface area contributed by atoms with E-state index in [4.69, 9.17) is 12.2 Å². The maximum atomic E-state index is 9.21. The Labute approximate surface area is 114 Å². The second-order valence-corrected chi connectivity index (χ2v) is 5.17. The monoisotopic (exact) mass is 264 g/mol. The minimum Gasteiger partial charge on any atom is -0.396 e. The van der Waals surface area contributed by atoms with E-state index in [0.717, 1.165) is 37.6 Å². The Hall–Kier alpha value is -1.13. The smallest absolute Gasteiger partial charge is 0.169 e. The Balaban J connectivity index is 1.81. The van der Waals surface area contributed by atoms with Crippen LogP contribution >= 0.6 is 12.2 Å². The lowest BCUT2D eigenvalue weighted by molar-refractivity contribution is 0.160. The minimum absolute atomic E-state index is 0.262. The molecule has 1 saturated heterocycles. The van der Waals surface area contributed by atoms with Crippen molar-refractivity contribution in [1.82, 2.24) is 10.2 Å². The molecule has 2 N–H and O–H groups in total. The van der Waals surface area contributed by atoms with Crippen LogP contribution in [0.1, 0.15) is 18.4 Å². The van der Waals surface area contributed by atoms with Gasteiger partial charge in [0.05, 0.1) is 0 Å². The van der Waals surface area contributed by atoms with Crippen molar-refractivity contribution in [2.75, 3.05) is 19.7 Å².